The molecule has 0 saturated carbocycles. The third-order valence-electron chi connectivity index (χ3n) is 2.26. The van der Waals surface area contributed by atoms with Crippen LogP contribution in [0.1, 0.15) is 10.5 Å². The maximum Gasteiger partial charge on any atom is 0.356 e. The molecule has 0 radical (unpaired) electrons. The normalized spacial score (nSPS) is 9.94. The number of ether oxygens (including phenoxy) is 1. The molecular weight excluding hydrogens is 220 g/mol. The van der Waals surface area contributed by atoms with Crippen LogP contribution >= 0.6 is 0 Å². The molecule has 1 N–H and O–H groups in total. The predicted octanol–water partition coefficient (Wildman–Crippen LogP) is 1.85. The Morgan fingerprint density at radius 2 is 1.88 bits per heavy atom. The van der Waals surface area contributed by atoms with E-state index < -0.39 is 5.97 Å². The first-order chi connectivity index (χ1) is 8.20. The Morgan fingerprint density at radius 3 is 2.35 bits per heavy atom. The first-order valence-corrected chi connectivity index (χ1v) is 4.90. The van der Waals surface area contributed by atoms with Crippen molar-refractivity contribution in [2.45, 2.75) is 0 Å². The lowest BCUT2D eigenvalue weighted by Crippen LogP contribution is -2.01. The van der Waals surface area contributed by atoms with E-state index in [2.05, 4.69) is 9.97 Å². The molecule has 0 aliphatic carbocycles. The number of nitrogens with zero attached hydrogens (tertiary/aromatic N) is 2. The van der Waals surface area contributed by atoms with Gasteiger partial charge in [0, 0.05) is 5.56 Å². The minimum Gasteiger partial charge on any atom is -0.497 e. The number of hydrogen-bond donors (Lipinski definition) is 1. The molecule has 1 aromatic heterocycles. The molecule has 1 aromatic carbocycles. The number of aromatic nitrogens is 2. The van der Waals surface area contributed by atoms with E-state index in [9.17, 15) is 4.79 Å². The van der Waals surface area contributed by atoms with Gasteiger partial charge in [0.2, 0.25) is 0 Å². The quantitative estimate of drug-likeness (QED) is 0.871. The molecule has 2 aromatic rings. The van der Waals surface area contributed by atoms with Gasteiger partial charge < -0.3 is 9.84 Å². The lowest BCUT2D eigenvalue weighted by Gasteiger charge is -2.02. The zero-order valence-corrected chi connectivity index (χ0v) is 9.12. The summed E-state index contributed by atoms with van der Waals surface area (Å²) in [6.07, 6.45) is 2.67. The van der Waals surface area contributed by atoms with E-state index in [1.165, 1.54) is 12.4 Å². The van der Waals surface area contributed by atoms with Crippen LogP contribution in [0.3, 0.4) is 0 Å². The molecule has 0 unspecified atom stereocenters. The standard InChI is InChI=1S/C12H10N2O3/c1-17-9-4-2-8(3-5-9)10-6-14-11(7-13-10)12(15)16/h2-7H,1H3,(H,15,16). The highest BCUT2D eigenvalue weighted by atomic mass is 16.5. The third kappa shape index (κ3) is 2.39. The number of carboxylic acids is 1. The average Bonchev–Trinajstić information content (AvgIpc) is 2.39. The van der Waals surface area contributed by atoms with Crippen molar-refractivity contribution in [3.63, 3.8) is 0 Å². The highest BCUT2D eigenvalue weighted by molar-refractivity contribution is 5.85. The van der Waals surface area contributed by atoms with Gasteiger partial charge in [0.1, 0.15) is 5.75 Å². The Morgan fingerprint density at radius 1 is 1.18 bits per heavy atom. The van der Waals surface area contributed by atoms with Crippen LogP contribution in [0.2, 0.25) is 0 Å². The van der Waals surface area contributed by atoms with Gasteiger partial charge in [-0.3, -0.25) is 4.98 Å². The maximum absolute atomic E-state index is 10.6. The van der Waals surface area contributed by atoms with Crippen LogP contribution in [0.4, 0.5) is 0 Å². The number of carboxylic acid groups (broad SMARTS) is 1. The number of methoxy groups -OCH3 is 1. The van der Waals surface area contributed by atoms with Crippen LogP contribution in [-0.2, 0) is 0 Å². The summed E-state index contributed by atoms with van der Waals surface area (Å²) in [5.41, 5.74) is 1.41. The summed E-state index contributed by atoms with van der Waals surface area (Å²) in [4.78, 5) is 18.5. The Labute approximate surface area is 97.7 Å². The first kappa shape index (κ1) is 11.1. The van der Waals surface area contributed by atoms with Crippen molar-refractivity contribution in [2.24, 2.45) is 0 Å². The summed E-state index contributed by atoms with van der Waals surface area (Å²) in [5, 5.41) is 8.70. The minimum atomic E-state index is -1.08. The lowest BCUT2D eigenvalue weighted by atomic mass is 10.1. The number of benzene rings is 1. The van der Waals surface area contributed by atoms with Crippen molar-refractivity contribution < 1.29 is 14.6 Å². The fourth-order valence-corrected chi connectivity index (χ4v) is 1.35. The van der Waals surface area contributed by atoms with Crippen LogP contribution in [0, 0.1) is 0 Å². The van der Waals surface area contributed by atoms with Crippen molar-refractivity contribution >= 4 is 5.97 Å². The molecule has 5 nitrogen and oxygen atoms in total. The average molecular weight is 230 g/mol. The summed E-state index contributed by atoms with van der Waals surface area (Å²) >= 11 is 0. The Bertz CT molecular complexity index is 520. The van der Waals surface area contributed by atoms with Crippen LogP contribution in [0.5, 0.6) is 5.75 Å². The monoisotopic (exact) mass is 230 g/mol. The molecular formula is C12H10N2O3. The molecule has 0 spiro atoms. The van der Waals surface area contributed by atoms with Crippen LogP contribution in [-0.4, -0.2) is 28.2 Å². The molecule has 1 heterocycles. The smallest absolute Gasteiger partial charge is 0.356 e. The fourth-order valence-electron chi connectivity index (χ4n) is 1.35. The van der Waals surface area contributed by atoms with E-state index in [1.807, 2.05) is 24.3 Å². The summed E-state index contributed by atoms with van der Waals surface area (Å²) < 4.78 is 5.04. The van der Waals surface area contributed by atoms with Crippen LogP contribution < -0.4 is 4.74 Å². The van der Waals surface area contributed by atoms with E-state index in [1.54, 1.807) is 7.11 Å². The van der Waals surface area contributed by atoms with Crippen LogP contribution in [0.25, 0.3) is 11.3 Å². The number of rotatable bonds is 3. The predicted molar refractivity (Wildman–Crippen MR) is 61.0 cm³/mol. The largest absolute Gasteiger partial charge is 0.497 e. The van der Waals surface area contributed by atoms with Gasteiger partial charge in [-0.2, -0.15) is 0 Å². The van der Waals surface area contributed by atoms with Crippen molar-refractivity contribution in [3.05, 3.63) is 42.4 Å². The molecule has 0 atom stereocenters. The molecule has 0 aliphatic rings. The van der Waals surface area contributed by atoms with E-state index in [4.69, 9.17) is 9.84 Å². The Balaban J connectivity index is 2.29. The third-order valence-corrected chi connectivity index (χ3v) is 2.26. The molecule has 0 fully saturated rings. The SMILES string of the molecule is COc1ccc(-c2cnc(C(=O)O)cn2)cc1. The van der Waals surface area contributed by atoms with Crippen LogP contribution in [0.15, 0.2) is 36.7 Å². The molecule has 5 heteroatoms. The van der Waals surface area contributed by atoms with Crippen molar-refractivity contribution in [2.75, 3.05) is 7.11 Å². The highest BCUT2D eigenvalue weighted by Gasteiger charge is 2.06. The Hall–Kier alpha value is -2.43. The molecule has 86 valence electrons. The van der Waals surface area contributed by atoms with E-state index >= 15 is 0 Å². The summed E-state index contributed by atoms with van der Waals surface area (Å²) in [6, 6.07) is 7.29. The van der Waals surface area contributed by atoms with Gasteiger partial charge >= 0.3 is 5.97 Å². The molecule has 17 heavy (non-hydrogen) atoms. The minimum absolute atomic E-state index is 0.0674. The number of hydrogen-bond acceptors (Lipinski definition) is 4. The second-order valence-electron chi connectivity index (χ2n) is 3.32. The second-order valence-corrected chi connectivity index (χ2v) is 3.32. The van der Waals surface area contributed by atoms with Crippen molar-refractivity contribution in [1.29, 1.82) is 0 Å². The number of carbonyl (C=O) groups is 1. The van der Waals surface area contributed by atoms with Gasteiger partial charge in [-0.1, -0.05) is 0 Å². The van der Waals surface area contributed by atoms with E-state index in [0.29, 0.717) is 5.69 Å². The van der Waals surface area contributed by atoms with Gasteiger partial charge in [-0.25, -0.2) is 9.78 Å². The van der Waals surface area contributed by atoms with Gasteiger partial charge in [-0.05, 0) is 24.3 Å². The van der Waals surface area contributed by atoms with Gasteiger partial charge in [-0.15, -0.1) is 0 Å². The molecule has 0 aliphatic heterocycles. The first-order valence-electron chi connectivity index (χ1n) is 4.90. The maximum atomic E-state index is 10.6. The topological polar surface area (TPSA) is 72.3 Å². The van der Waals surface area contributed by atoms with E-state index in [0.717, 1.165) is 11.3 Å². The van der Waals surface area contributed by atoms with Crippen molar-refractivity contribution in [1.82, 2.24) is 9.97 Å². The van der Waals surface area contributed by atoms with Gasteiger partial charge in [0.15, 0.2) is 5.69 Å². The zero-order chi connectivity index (χ0) is 12.3. The fraction of sp³-hybridized carbons (Fsp3) is 0.0833. The lowest BCUT2D eigenvalue weighted by molar-refractivity contribution is 0.0690. The molecule has 0 bridgehead atoms. The zero-order valence-electron chi connectivity index (χ0n) is 9.12. The Kier molecular flexibility index (Phi) is 3.00. The number of aromatic carboxylic acids is 1. The van der Waals surface area contributed by atoms with Gasteiger partial charge in [0.25, 0.3) is 0 Å². The summed E-state index contributed by atoms with van der Waals surface area (Å²) in [6.45, 7) is 0. The second kappa shape index (κ2) is 4.61. The molecule has 2 rings (SSSR count). The molecule has 0 amide bonds. The van der Waals surface area contributed by atoms with Gasteiger partial charge in [0.05, 0.1) is 25.2 Å². The highest BCUT2D eigenvalue weighted by Crippen LogP contribution is 2.19. The molecule has 0 saturated heterocycles. The summed E-state index contributed by atoms with van der Waals surface area (Å²) in [7, 11) is 1.59. The summed E-state index contributed by atoms with van der Waals surface area (Å²) in [5.74, 6) is -0.331. The van der Waals surface area contributed by atoms with Crippen molar-refractivity contribution in [3.8, 4) is 17.0 Å². The van der Waals surface area contributed by atoms with E-state index in [-0.39, 0.29) is 5.69 Å².